The second-order valence-corrected chi connectivity index (χ2v) is 8.46. The Kier molecular flexibility index (Phi) is 3.98. The lowest BCUT2D eigenvalue weighted by Crippen LogP contribution is -2.55. The summed E-state index contributed by atoms with van der Waals surface area (Å²) in [5.41, 5.74) is 1.67. The molecular weight excluding hydrogens is 378 g/mol. The van der Waals surface area contributed by atoms with Gasteiger partial charge in [-0.3, -0.25) is 19.7 Å². The van der Waals surface area contributed by atoms with Crippen molar-refractivity contribution in [3.8, 4) is 0 Å². The maximum absolute atomic E-state index is 13.8. The van der Waals surface area contributed by atoms with Crippen molar-refractivity contribution in [1.82, 2.24) is 5.32 Å². The summed E-state index contributed by atoms with van der Waals surface area (Å²) in [6.07, 6.45) is 0. The minimum Gasteiger partial charge on any atom is -0.306 e. The molecule has 1 N–H and O–H groups in total. The lowest BCUT2D eigenvalue weighted by atomic mass is 9.76. The molecule has 4 atom stereocenters. The molecule has 0 saturated carbocycles. The Morgan fingerprint density at radius 3 is 2.40 bits per heavy atom. The minimum atomic E-state index is -1.24. The molecule has 4 unspecified atom stereocenters. The van der Waals surface area contributed by atoms with Crippen LogP contribution in [0.5, 0.6) is 0 Å². The predicted molar refractivity (Wildman–Crippen MR) is 114 cm³/mol. The number of carbonyl (C=O) groups excluding carboxylic acids is 3. The number of benzene rings is 2. The predicted octanol–water partition coefficient (Wildman–Crippen LogP) is 2.60. The molecule has 3 amide bonds. The van der Waals surface area contributed by atoms with Crippen LogP contribution in [0, 0.1) is 11.8 Å². The molecule has 0 radical (unpaired) electrons. The summed E-state index contributed by atoms with van der Waals surface area (Å²) < 4.78 is 0. The third-order valence-corrected chi connectivity index (χ3v) is 6.46. The third-order valence-electron chi connectivity index (χ3n) is 6.46. The van der Waals surface area contributed by atoms with Crippen LogP contribution >= 0.6 is 0 Å². The van der Waals surface area contributed by atoms with Gasteiger partial charge in [0.1, 0.15) is 5.54 Å². The van der Waals surface area contributed by atoms with Crippen LogP contribution in [0.4, 0.5) is 11.4 Å². The molecule has 6 heteroatoms. The van der Waals surface area contributed by atoms with Crippen LogP contribution in [0.3, 0.4) is 0 Å². The second kappa shape index (κ2) is 6.37. The average molecular weight is 401 g/mol. The number of nitrogens with one attached hydrogen (secondary N) is 1. The van der Waals surface area contributed by atoms with Crippen LogP contribution < -0.4 is 15.1 Å². The van der Waals surface area contributed by atoms with Gasteiger partial charge in [-0.15, -0.1) is 0 Å². The molecule has 1 spiro atoms. The molecule has 2 saturated heterocycles. The van der Waals surface area contributed by atoms with Gasteiger partial charge in [0.2, 0.25) is 11.8 Å². The molecule has 2 aromatic carbocycles. The molecule has 152 valence electrons. The van der Waals surface area contributed by atoms with Crippen molar-refractivity contribution in [1.29, 1.82) is 0 Å². The number of para-hydroxylation sites is 2. The van der Waals surface area contributed by atoms with E-state index in [0.717, 1.165) is 16.8 Å². The number of anilines is 2. The van der Waals surface area contributed by atoms with Gasteiger partial charge in [-0.25, -0.2) is 4.90 Å². The third kappa shape index (κ3) is 2.25. The van der Waals surface area contributed by atoms with Crippen molar-refractivity contribution in [2.75, 3.05) is 16.3 Å². The Hall–Kier alpha value is -3.25. The maximum Gasteiger partial charge on any atom is 0.253 e. The van der Waals surface area contributed by atoms with Gasteiger partial charge in [0.15, 0.2) is 0 Å². The minimum absolute atomic E-state index is 0.192. The zero-order valence-electron chi connectivity index (χ0n) is 17.0. The van der Waals surface area contributed by atoms with Crippen LogP contribution in [0.15, 0.2) is 66.7 Å². The highest BCUT2D eigenvalue weighted by atomic mass is 16.2. The van der Waals surface area contributed by atoms with E-state index in [-0.39, 0.29) is 23.8 Å². The van der Waals surface area contributed by atoms with E-state index in [1.165, 1.54) is 4.90 Å². The molecule has 3 heterocycles. The molecule has 30 heavy (non-hydrogen) atoms. The van der Waals surface area contributed by atoms with E-state index in [9.17, 15) is 14.4 Å². The van der Waals surface area contributed by atoms with E-state index in [0.29, 0.717) is 12.2 Å². The van der Waals surface area contributed by atoms with Crippen LogP contribution in [-0.2, 0) is 19.9 Å². The quantitative estimate of drug-likeness (QED) is 0.634. The van der Waals surface area contributed by atoms with Crippen molar-refractivity contribution < 1.29 is 14.4 Å². The van der Waals surface area contributed by atoms with Crippen LogP contribution in [0.2, 0.25) is 0 Å². The molecule has 0 aromatic heterocycles. The first-order chi connectivity index (χ1) is 14.4. The van der Waals surface area contributed by atoms with Crippen LogP contribution in [-0.4, -0.2) is 30.3 Å². The number of fused-ring (bicyclic) bond motifs is 4. The number of carbonyl (C=O) groups is 3. The zero-order valence-corrected chi connectivity index (χ0v) is 17.0. The summed E-state index contributed by atoms with van der Waals surface area (Å²) in [5.74, 6) is -2.16. The van der Waals surface area contributed by atoms with E-state index in [1.54, 1.807) is 29.2 Å². The average Bonchev–Trinajstić information content (AvgIpc) is 3.27. The molecule has 0 bridgehead atoms. The van der Waals surface area contributed by atoms with Crippen molar-refractivity contribution in [2.24, 2.45) is 11.8 Å². The Labute approximate surface area is 175 Å². The first kappa shape index (κ1) is 18.8. The van der Waals surface area contributed by atoms with Crippen molar-refractivity contribution in [2.45, 2.75) is 25.4 Å². The number of hydrogen-bond donors (Lipinski definition) is 1. The summed E-state index contributed by atoms with van der Waals surface area (Å²) in [6, 6.07) is 16.1. The molecule has 2 aromatic rings. The van der Waals surface area contributed by atoms with E-state index in [2.05, 4.69) is 11.9 Å². The topological polar surface area (TPSA) is 69.7 Å². The van der Waals surface area contributed by atoms with Gasteiger partial charge in [-0.1, -0.05) is 48.6 Å². The van der Waals surface area contributed by atoms with Gasteiger partial charge >= 0.3 is 0 Å². The molecule has 3 aliphatic rings. The first-order valence-electron chi connectivity index (χ1n) is 10.1. The van der Waals surface area contributed by atoms with Crippen LogP contribution in [0.1, 0.15) is 19.4 Å². The first-order valence-corrected chi connectivity index (χ1v) is 10.1. The SMILES string of the molecule is C=C(C)CN1C(=O)C2(NC(C)C3C(=O)N(c4ccccc4)C(=O)C32)c2ccccc21. The summed E-state index contributed by atoms with van der Waals surface area (Å²) >= 11 is 0. The Morgan fingerprint density at radius 1 is 1.03 bits per heavy atom. The van der Waals surface area contributed by atoms with E-state index in [4.69, 9.17) is 0 Å². The fourth-order valence-corrected chi connectivity index (χ4v) is 5.37. The molecular formula is C24H23N3O3. The van der Waals surface area contributed by atoms with Gasteiger partial charge < -0.3 is 4.90 Å². The molecule has 2 fully saturated rings. The van der Waals surface area contributed by atoms with Crippen molar-refractivity contribution in [3.63, 3.8) is 0 Å². The number of amides is 3. The van der Waals surface area contributed by atoms with Gasteiger partial charge in [0.25, 0.3) is 5.91 Å². The van der Waals surface area contributed by atoms with Crippen molar-refractivity contribution in [3.05, 3.63) is 72.3 Å². The highest BCUT2D eigenvalue weighted by Crippen LogP contribution is 2.55. The molecule has 3 aliphatic heterocycles. The van der Waals surface area contributed by atoms with Gasteiger partial charge in [-0.2, -0.15) is 0 Å². The van der Waals surface area contributed by atoms with Crippen molar-refractivity contribution >= 4 is 29.1 Å². The van der Waals surface area contributed by atoms with E-state index >= 15 is 0 Å². The summed E-state index contributed by atoms with van der Waals surface area (Å²) in [6.45, 7) is 8.08. The largest absolute Gasteiger partial charge is 0.306 e. The number of nitrogens with zero attached hydrogens (tertiary/aromatic N) is 2. The summed E-state index contributed by atoms with van der Waals surface area (Å²) in [7, 11) is 0. The van der Waals surface area contributed by atoms with E-state index < -0.39 is 17.4 Å². The fraction of sp³-hybridized carbons (Fsp3) is 0.292. The van der Waals surface area contributed by atoms with Crippen LogP contribution in [0.25, 0.3) is 0 Å². The second-order valence-electron chi connectivity index (χ2n) is 8.46. The van der Waals surface area contributed by atoms with Gasteiger partial charge in [-0.05, 0) is 32.0 Å². The lowest BCUT2D eigenvalue weighted by Gasteiger charge is -2.30. The summed E-state index contributed by atoms with van der Waals surface area (Å²) in [4.78, 5) is 43.8. The Bertz CT molecular complexity index is 1100. The molecule has 5 rings (SSSR count). The van der Waals surface area contributed by atoms with Gasteiger partial charge in [0.05, 0.1) is 17.5 Å². The fourth-order valence-electron chi connectivity index (χ4n) is 5.37. The normalized spacial score (nSPS) is 29.7. The molecule has 0 aliphatic carbocycles. The Morgan fingerprint density at radius 2 is 1.70 bits per heavy atom. The lowest BCUT2D eigenvalue weighted by molar-refractivity contribution is -0.132. The number of rotatable bonds is 3. The smallest absolute Gasteiger partial charge is 0.253 e. The highest BCUT2D eigenvalue weighted by Gasteiger charge is 2.71. The monoisotopic (exact) mass is 401 g/mol. The maximum atomic E-state index is 13.8. The highest BCUT2D eigenvalue weighted by molar-refractivity contribution is 6.26. The van der Waals surface area contributed by atoms with Gasteiger partial charge in [0, 0.05) is 23.8 Å². The number of imide groups is 1. The molecule has 6 nitrogen and oxygen atoms in total. The summed E-state index contributed by atoms with van der Waals surface area (Å²) in [5, 5.41) is 3.38. The number of hydrogen-bond acceptors (Lipinski definition) is 4. The standard InChI is InChI=1S/C24H23N3O3/c1-14(2)13-26-18-12-8-7-11-17(18)24(23(26)30)20-19(15(3)25-24)21(28)27(22(20)29)16-9-5-4-6-10-16/h4-12,15,19-20,25H,1,13H2,2-3H3. The van der Waals surface area contributed by atoms with E-state index in [1.807, 2.05) is 44.2 Å². The zero-order chi connectivity index (χ0) is 21.2. The Balaban J connectivity index is 1.67.